The molecule has 0 fully saturated rings. The molecule has 92 valence electrons. The van der Waals surface area contributed by atoms with Crippen LogP contribution in [0.4, 0.5) is 0 Å². The van der Waals surface area contributed by atoms with Gasteiger partial charge in [-0.25, -0.2) is 8.42 Å². The lowest BCUT2D eigenvalue weighted by Gasteiger charge is -2.19. The third-order valence-electron chi connectivity index (χ3n) is 1.64. The molecule has 17 heavy (non-hydrogen) atoms. The second-order valence-electron chi connectivity index (χ2n) is 4.50. The van der Waals surface area contributed by atoms with E-state index in [1.54, 1.807) is 20.8 Å². The van der Waals surface area contributed by atoms with Crippen molar-refractivity contribution in [2.24, 2.45) is 0 Å². The molecule has 2 radical (unpaired) electrons. The van der Waals surface area contributed by atoms with Gasteiger partial charge in [-0.1, -0.05) is 6.07 Å². The molecule has 0 aliphatic rings. The minimum absolute atomic E-state index is 0.0841. The molecule has 0 saturated carbocycles. The highest BCUT2D eigenvalue weighted by atomic mass is 32.2. The van der Waals surface area contributed by atoms with Crippen LogP contribution in [0.15, 0.2) is 16.3 Å². The predicted octanol–water partition coefficient (Wildman–Crippen LogP) is 0.657. The molecule has 0 unspecified atom stereocenters. The van der Waals surface area contributed by atoms with Crippen LogP contribution in [0.25, 0.3) is 0 Å². The Kier molecular flexibility index (Phi) is 4.04. The normalized spacial score (nSPS) is 12.4. The van der Waals surface area contributed by atoms with Crippen molar-refractivity contribution in [3.05, 3.63) is 12.1 Å². The quantitative estimate of drug-likeness (QED) is 0.599. The second-order valence-corrected chi connectivity index (χ2v) is 7.83. The summed E-state index contributed by atoms with van der Waals surface area (Å²) in [5.74, 6) is -1.42. The highest BCUT2D eigenvalue weighted by Crippen LogP contribution is 2.17. The van der Waals surface area contributed by atoms with Gasteiger partial charge in [-0.3, -0.25) is 4.79 Å². The van der Waals surface area contributed by atoms with Crippen LogP contribution >= 0.6 is 11.3 Å². The largest absolute Gasteiger partial charge is 0.459 e. The van der Waals surface area contributed by atoms with E-state index in [0.717, 1.165) is 11.3 Å². The van der Waals surface area contributed by atoms with Crippen LogP contribution in [0.3, 0.4) is 0 Å². The fraction of sp³-hybridized carbons (Fsp3) is 0.500. The van der Waals surface area contributed by atoms with Gasteiger partial charge in [0.2, 0.25) is 0 Å². The fourth-order valence-corrected chi connectivity index (χ4v) is 3.36. The molecule has 0 atom stereocenters. The van der Waals surface area contributed by atoms with Gasteiger partial charge in [0.1, 0.15) is 17.7 Å². The zero-order valence-electron chi connectivity index (χ0n) is 9.89. The number of rotatable bonds is 3. The molecule has 0 spiro atoms. The highest BCUT2D eigenvalue weighted by molar-refractivity contribution is 7.94. The monoisotopic (exact) mass is 272 g/mol. The molecular weight excluding hydrogens is 259 g/mol. The maximum Gasteiger partial charge on any atom is 0.322 e. The first kappa shape index (κ1) is 14.2. The lowest BCUT2D eigenvalue weighted by Crippen LogP contribution is -2.28. The lowest BCUT2D eigenvalue weighted by atomic mass is 10.1. The summed E-state index contributed by atoms with van der Waals surface area (Å²) in [4.78, 5) is 11.4. The van der Waals surface area contributed by atoms with E-state index in [2.05, 4.69) is 0 Å². The average molecular weight is 272 g/mol. The Hall–Kier alpha value is -0.815. The molecule has 0 aliphatic carbocycles. The van der Waals surface area contributed by atoms with Gasteiger partial charge in [-0.15, -0.1) is 11.3 Å². The van der Waals surface area contributed by atoms with Crippen LogP contribution in [0, 0.1) is 0 Å². The minimum atomic E-state index is -3.65. The van der Waals surface area contributed by atoms with Crippen LogP contribution in [0.1, 0.15) is 20.8 Å². The lowest BCUT2D eigenvalue weighted by molar-refractivity contribution is -0.151. The Labute approximate surface area is 106 Å². The third-order valence-corrected chi connectivity index (χ3v) is 4.72. The van der Waals surface area contributed by atoms with E-state index < -0.39 is 27.2 Å². The summed E-state index contributed by atoms with van der Waals surface area (Å²) in [5.41, 5.74) is -0.693. The standard InChI is InChI=1S/C10H13BO4S2/c1-10(2,3)15-8(12)6-17(13,14)9-5-4-7(11)16-9/h4-5H,6H2,1-3H3. The summed E-state index contributed by atoms with van der Waals surface area (Å²) < 4.78 is 29.0. The van der Waals surface area contributed by atoms with Crippen molar-refractivity contribution >= 4 is 39.8 Å². The van der Waals surface area contributed by atoms with Crippen LogP contribution in [-0.4, -0.2) is 33.6 Å². The van der Waals surface area contributed by atoms with Gasteiger partial charge >= 0.3 is 5.97 Å². The van der Waals surface area contributed by atoms with Crippen LogP contribution in [0.5, 0.6) is 0 Å². The van der Waals surface area contributed by atoms with Gasteiger partial charge in [-0.2, -0.15) is 0 Å². The molecule has 0 aromatic carbocycles. The number of esters is 1. The molecule has 1 heterocycles. The Balaban J connectivity index is 2.78. The molecule has 1 aromatic rings. The summed E-state index contributed by atoms with van der Waals surface area (Å²) in [5, 5.41) is 0. The van der Waals surface area contributed by atoms with Crippen molar-refractivity contribution in [3.63, 3.8) is 0 Å². The third kappa shape index (κ3) is 4.51. The zero-order valence-corrected chi connectivity index (χ0v) is 11.5. The van der Waals surface area contributed by atoms with Gasteiger partial charge in [0.25, 0.3) is 0 Å². The summed E-state index contributed by atoms with van der Waals surface area (Å²) in [6.45, 7) is 5.04. The highest BCUT2D eigenvalue weighted by Gasteiger charge is 2.25. The van der Waals surface area contributed by atoms with E-state index in [1.807, 2.05) is 0 Å². The van der Waals surface area contributed by atoms with Crippen molar-refractivity contribution in [1.29, 1.82) is 0 Å². The Morgan fingerprint density at radius 3 is 2.41 bits per heavy atom. The summed E-state index contributed by atoms with van der Waals surface area (Å²) in [6.07, 6.45) is 0. The number of hydrogen-bond donors (Lipinski definition) is 0. The average Bonchev–Trinajstić information content (AvgIpc) is 2.46. The van der Waals surface area contributed by atoms with Crippen LogP contribution in [-0.2, 0) is 19.4 Å². The number of hydrogen-bond acceptors (Lipinski definition) is 5. The number of carbonyl (C=O) groups excluding carboxylic acids is 1. The topological polar surface area (TPSA) is 60.4 Å². The van der Waals surface area contributed by atoms with Gasteiger partial charge in [0.05, 0.1) is 0 Å². The van der Waals surface area contributed by atoms with E-state index in [1.165, 1.54) is 12.1 Å². The predicted molar refractivity (Wildman–Crippen MR) is 67.6 cm³/mol. The van der Waals surface area contributed by atoms with Crippen molar-refractivity contribution in [3.8, 4) is 0 Å². The van der Waals surface area contributed by atoms with Gasteiger partial charge in [0.15, 0.2) is 15.6 Å². The summed E-state index contributed by atoms with van der Waals surface area (Å²) in [7, 11) is 1.80. The maximum atomic E-state index is 11.8. The van der Waals surface area contributed by atoms with Crippen molar-refractivity contribution < 1.29 is 17.9 Å². The molecule has 1 rings (SSSR count). The molecule has 4 nitrogen and oxygen atoms in total. The Bertz CT molecular complexity index is 511. The van der Waals surface area contributed by atoms with Gasteiger partial charge in [-0.05, 0) is 31.6 Å². The number of ether oxygens (including phenoxy) is 1. The Morgan fingerprint density at radius 1 is 1.41 bits per heavy atom. The first-order valence-electron chi connectivity index (χ1n) is 4.90. The first-order valence-corrected chi connectivity index (χ1v) is 7.37. The molecule has 0 N–H and O–H groups in total. The van der Waals surface area contributed by atoms with E-state index >= 15 is 0 Å². The smallest absolute Gasteiger partial charge is 0.322 e. The van der Waals surface area contributed by atoms with Gasteiger partial charge < -0.3 is 4.74 Å². The van der Waals surface area contributed by atoms with Crippen molar-refractivity contribution in [2.45, 2.75) is 30.6 Å². The SMILES string of the molecule is [B]c1ccc(S(=O)(=O)CC(=O)OC(C)(C)C)s1. The summed E-state index contributed by atoms with van der Waals surface area (Å²) in [6, 6.07) is 2.88. The van der Waals surface area contributed by atoms with E-state index in [4.69, 9.17) is 12.6 Å². The van der Waals surface area contributed by atoms with Gasteiger partial charge in [0, 0.05) is 0 Å². The fourth-order valence-electron chi connectivity index (χ4n) is 1.10. The molecule has 0 bridgehead atoms. The van der Waals surface area contributed by atoms with Crippen molar-refractivity contribution in [1.82, 2.24) is 0 Å². The molecule has 0 aliphatic heterocycles. The Morgan fingerprint density at radius 2 is 2.00 bits per heavy atom. The first-order chi connectivity index (χ1) is 7.60. The van der Waals surface area contributed by atoms with E-state index in [-0.39, 0.29) is 4.21 Å². The van der Waals surface area contributed by atoms with Crippen molar-refractivity contribution in [2.75, 3.05) is 5.75 Å². The van der Waals surface area contributed by atoms with E-state index in [9.17, 15) is 13.2 Å². The van der Waals surface area contributed by atoms with Crippen LogP contribution < -0.4 is 4.78 Å². The molecular formula is C10H13BO4S2. The molecule has 0 amide bonds. The molecule has 7 heteroatoms. The number of sulfone groups is 1. The number of thiophene rings is 1. The van der Waals surface area contributed by atoms with Crippen LogP contribution in [0.2, 0.25) is 0 Å². The summed E-state index contributed by atoms with van der Waals surface area (Å²) >= 11 is 0.937. The van der Waals surface area contributed by atoms with E-state index in [0.29, 0.717) is 4.78 Å². The molecule has 0 saturated heterocycles. The number of carbonyl (C=O) groups is 1. The second kappa shape index (κ2) is 4.82. The maximum absolute atomic E-state index is 11.8. The zero-order chi connectivity index (χ0) is 13.3. The molecule has 1 aromatic heterocycles. The minimum Gasteiger partial charge on any atom is -0.459 e.